The molecule has 31 heavy (non-hydrogen) atoms. The fraction of sp³-hybridized carbons (Fsp3) is 0.261. The van der Waals surface area contributed by atoms with Crippen LogP contribution in [-0.2, 0) is 6.61 Å². The van der Waals surface area contributed by atoms with Crippen molar-refractivity contribution in [2.24, 2.45) is 0 Å². The van der Waals surface area contributed by atoms with Gasteiger partial charge in [-0.25, -0.2) is 4.98 Å². The van der Waals surface area contributed by atoms with Crippen molar-refractivity contribution in [2.75, 3.05) is 13.1 Å². The summed E-state index contributed by atoms with van der Waals surface area (Å²) in [6, 6.07) is 13.2. The van der Waals surface area contributed by atoms with Crippen molar-refractivity contribution in [1.29, 1.82) is 0 Å². The number of ether oxygens (including phenoxy) is 1. The number of hydrogen-bond acceptors (Lipinski definition) is 5. The summed E-state index contributed by atoms with van der Waals surface area (Å²) in [6.07, 6.45) is 0.626. The van der Waals surface area contributed by atoms with Crippen LogP contribution in [0.5, 0.6) is 5.75 Å². The zero-order valence-electron chi connectivity index (χ0n) is 17.4. The molecule has 2 aromatic carbocycles. The molecular weight excluding hydrogens is 478 g/mol. The minimum absolute atomic E-state index is 0.133. The van der Waals surface area contributed by atoms with E-state index in [4.69, 9.17) is 4.74 Å². The molecule has 0 aliphatic heterocycles. The fourth-order valence-corrected chi connectivity index (χ4v) is 3.88. The molecule has 0 aliphatic rings. The molecule has 0 radical (unpaired) electrons. The third-order valence-electron chi connectivity index (χ3n) is 4.37. The second-order valence-corrected chi connectivity index (χ2v) is 8.97. The van der Waals surface area contributed by atoms with Gasteiger partial charge < -0.3 is 15.4 Å². The van der Waals surface area contributed by atoms with Crippen LogP contribution in [0.1, 0.15) is 43.4 Å². The molecule has 8 heteroatoms. The standard InChI is InChI=1S/C23H24BrN3O3S/c1-15-10-16(2)12-19(11-15)30-13-21-27-20(14-31-21)23(29)26-9-3-8-25-22(28)17-4-6-18(24)7-5-17/h4-7,10-12,14H,3,8-9,13H2,1-2H3,(H,25,28)(H,26,29). The van der Waals surface area contributed by atoms with Crippen LogP contribution in [0, 0.1) is 13.8 Å². The monoisotopic (exact) mass is 501 g/mol. The van der Waals surface area contributed by atoms with E-state index >= 15 is 0 Å². The maximum absolute atomic E-state index is 12.3. The van der Waals surface area contributed by atoms with E-state index in [1.165, 1.54) is 11.3 Å². The SMILES string of the molecule is Cc1cc(C)cc(OCc2nc(C(=O)NCCCNC(=O)c3ccc(Br)cc3)cs2)c1. The highest BCUT2D eigenvalue weighted by Crippen LogP contribution is 2.19. The van der Waals surface area contributed by atoms with Gasteiger partial charge in [-0.1, -0.05) is 22.0 Å². The molecule has 0 atom stereocenters. The average Bonchev–Trinajstić information content (AvgIpc) is 3.21. The van der Waals surface area contributed by atoms with Gasteiger partial charge in [0.2, 0.25) is 0 Å². The molecule has 0 saturated carbocycles. The van der Waals surface area contributed by atoms with Crippen molar-refractivity contribution in [2.45, 2.75) is 26.9 Å². The quantitative estimate of drug-likeness (QED) is 0.418. The Kier molecular flexibility index (Phi) is 8.20. The van der Waals surface area contributed by atoms with Crippen molar-refractivity contribution in [3.05, 3.63) is 79.7 Å². The lowest BCUT2D eigenvalue weighted by Crippen LogP contribution is -2.30. The second-order valence-electron chi connectivity index (χ2n) is 7.11. The Morgan fingerprint density at radius 1 is 1.00 bits per heavy atom. The van der Waals surface area contributed by atoms with E-state index in [1.54, 1.807) is 17.5 Å². The molecule has 2 N–H and O–H groups in total. The number of halogens is 1. The van der Waals surface area contributed by atoms with Crippen LogP contribution in [-0.4, -0.2) is 29.9 Å². The summed E-state index contributed by atoms with van der Waals surface area (Å²) in [5.41, 5.74) is 3.26. The van der Waals surface area contributed by atoms with Gasteiger partial charge in [-0.05, 0) is 67.8 Å². The number of aryl methyl sites for hydroxylation is 2. The molecule has 2 amide bonds. The van der Waals surface area contributed by atoms with E-state index < -0.39 is 0 Å². The highest BCUT2D eigenvalue weighted by molar-refractivity contribution is 9.10. The Morgan fingerprint density at radius 3 is 2.32 bits per heavy atom. The maximum Gasteiger partial charge on any atom is 0.270 e. The molecule has 3 aromatic rings. The Labute approximate surface area is 194 Å². The highest BCUT2D eigenvalue weighted by Gasteiger charge is 2.11. The van der Waals surface area contributed by atoms with Crippen molar-refractivity contribution in [3.8, 4) is 5.75 Å². The zero-order chi connectivity index (χ0) is 22.2. The normalized spacial score (nSPS) is 10.5. The molecule has 0 saturated heterocycles. The molecule has 0 spiro atoms. The fourth-order valence-electron chi connectivity index (χ4n) is 2.93. The number of carbonyl (C=O) groups excluding carboxylic acids is 2. The van der Waals surface area contributed by atoms with Gasteiger partial charge in [0.15, 0.2) is 0 Å². The molecule has 3 rings (SSSR count). The maximum atomic E-state index is 12.3. The third kappa shape index (κ3) is 7.18. The van der Waals surface area contributed by atoms with Gasteiger partial charge in [0, 0.05) is 28.5 Å². The largest absolute Gasteiger partial charge is 0.486 e. The van der Waals surface area contributed by atoms with Crippen LogP contribution >= 0.6 is 27.3 Å². The van der Waals surface area contributed by atoms with Crippen molar-refractivity contribution in [3.63, 3.8) is 0 Å². The summed E-state index contributed by atoms with van der Waals surface area (Å²) in [6.45, 7) is 5.30. The van der Waals surface area contributed by atoms with Crippen LogP contribution in [0.4, 0.5) is 0 Å². The first kappa shape index (κ1) is 23.0. The third-order valence-corrected chi connectivity index (χ3v) is 5.72. The summed E-state index contributed by atoms with van der Waals surface area (Å²) in [7, 11) is 0. The predicted molar refractivity (Wildman–Crippen MR) is 126 cm³/mol. The number of carbonyl (C=O) groups is 2. The Hall–Kier alpha value is -2.71. The minimum Gasteiger partial charge on any atom is -0.486 e. The van der Waals surface area contributed by atoms with E-state index in [9.17, 15) is 9.59 Å². The number of amides is 2. The smallest absolute Gasteiger partial charge is 0.270 e. The topological polar surface area (TPSA) is 80.3 Å². The van der Waals surface area contributed by atoms with Gasteiger partial charge in [0.25, 0.3) is 11.8 Å². The number of thiazole rings is 1. The first-order chi connectivity index (χ1) is 14.9. The van der Waals surface area contributed by atoms with E-state index in [0.717, 1.165) is 26.4 Å². The average molecular weight is 502 g/mol. The summed E-state index contributed by atoms with van der Waals surface area (Å²) < 4.78 is 6.72. The molecule has 0 unspecified atom stereocenters. The number of hydrogen-bond donors (Lipinski definition) is 2. The first-order valence-corrected chi connectivity index (χ1v) is 11.6. The van der Waals surface area contributed by atoms with E-state index in [2.05, 4.69) is 37.6 Å². The lowest BCUT2D eigenvalue weighted by atomic mass is 10.1. The number of benzene rings is 2. The molecule has 162 valence electrons. The lowest BCUT2D eigenvalue weighted by molar-refractivity contribution is 0.0948. The Bertz CT molecular complexity index is 1030. The zero-order valence-corrected chi connectivity index (χ0v) is 19.8. The number of nitrogens with zero attached hydrogens (tertiary/aromatic N) is 1. The van der Waals surface area contributed by atoms with E-state index in [-0.39, 0.29) is 11.8 Å². The predicted octanol–water partition coefficient (Wildman–Crippen LogP) is 4.65. The molecule has 0 bridgehead atoms. The lowest BCUT2D eigenvalue weighted by Gasteiger charge is -2.07. The molecular formula is C23H24BrN3O3S. The van der Waals surface area contributed by atoms with Crippen LogP contribution in [0.2, 0.25) is 0 Å². The van der Waals surface area contributed by atoms with E-state index in [0.29, 0.717) is 37.4 Å². The second kappa shape index (κ2) is 11.1. The molecule has 6 nitrogen and oxygen atoms in total. The molecule has 0 aliphatic carbocycles. The van der Waals surface area contributed by atoms with Crippen molar-refractivity contribution >= 4 is 39.1 Å². The number of rotatable bonds is 9. The highest BCUT2D eigenvalue weighted by atomic mass is 79.9. The van der Waals surface area contributed by atoms with Crippen molar-refractivity contribution in [1.82, 2.24) is 15.6 Å². The van der Waals surface area contributed by atoms with Crippen LogP contribution in [0.15, 0.2) is 52.3 Å². The van der Waals surface area contributed by atoms with Crippen molar-refractivity contribution < 1.29 is 14.3 Å². The molecule has 1 aromatic heterocycles. The molecule has 0 fully saturated rings. The summed E-state index contributed by atoms with van der Waals surface area (Å²) in [4.78, 5) is 28.7. The van der Waals surface area contributed by atoms with Crippen LogP contribution < -0.4 is 15.4 Å². The van der Waals surface area contributed by atoms with E-state index in [1.807, 2.05) is 38.1 Å². The van der Waals surface area contributed by atoms with Gasteiger partial charge >= 0.3 is 0 Å². The van der Waals surface area contributed by atoms with Crippen LogP contribution in [0.3, 0.4) is 0 Å². The summed E-state index contributed by atoms with van der Waals surface area (Å²) in [5, 5.41) is 8.14. The van der Waals surface area contributed by atoms with Crippen LogP contribution in [0.25, 0.3) is 0 Å². The van der Waals surface area contributed by atoms with Gasteiger partial charge in [0.1, 0.15) is 23.1 Å². The number of nitrogens with one attached hydrogen (secondary N) is 2. The summed E-state index contributed by atoms with van der Waals surface area (Å²) >= 11 is 4.74. The van der Waals surface area contributed by atoms with Gasteiger partial charge in [-0.2, -0.15) is 0 Å². The Morgan fingerprint density at radius 2 is 1.65 bits per heavy atom. The first-order valence-electron chi connectivity index (χ1n) is 9.88. The minimum atomic E-state index is -0.229. The summed E-state index contributed by atoms with van der Waals surface area (Å²) in [5.74, 6) is 0.434. The number of aromatic nitrogens is 1. The Balaban J connectivity index is 1.37. The van der Waals surface area contributed by atoms with Gasteiger partial charge in [0.05, 0.1) is 0 Å². The van der Waals surface area contributed by atoms with Gasteiger partial charge in [-0.3, -0.25) is 9.59 Å². The van der Waals surface area contributed by atoms with Gasteiger partial charge in [-0.15, -0.1) is 11.3 Å². The molecule has 1 heterocycles.